The van der Waals surface area contributed by atoms with Crippen molar-refractivity contribution < 1.29 is 14.3 Å². The summed E-state index contributed by atoms with van der Waals surface area (Å²) in [7, 11) is 1.84. The lowest BCUT2D eigenvalue weighted by Crippen LogP contribution is -2.31. The van der Waals surface area contributed by atoms with E-state index >= 15 is 0 Å². The highest BCUT2D eigenvalue weighted by Crippen LogP contribution is 2.24. The molecule has 0 fully saturated rings. The van der Waals surface area contributed by atoms with Crippen LogP contribution < -0.4 is 4.98 Å². The van der Waals surface area contributed by atoms with Crippen LogP contribution in [0.15, 0.2) is 55.1 Å². The maximum Gasteiger partial charge on any atom is 0.262 e. The van der Waals surface area contributed by atoms with E-state index < -0.39 is 5.95 Å². The lowest BCUT2D eigenvalue weighted by molar-refractivity contribution is 0.0975. The minimum absolute atomic E-state index is 0.0176. The second kappa shape index (κ2) is 9.75. The molecule has 1 atom stereocenters. The van der Waals surface area contributed by atoms with E-state index in [-0.39, 0.29) is 33.4 Å². The van der Waals surface area contributed by atoms with Gasteiger partial charge in [-0.05, 0) is 35.9 Å². The van der Waals surface area contributed by atoms with Crippen LogP contribution in [0.2, 0.25) is 5.54 Å². The summed E-state index contributed by atoms with van der Waals surface area (Å²) >= 11 is 0. The van der Waals surface area contributed by atoms with Gasteiger partial charge in [-0.1, -0.05) is 6.92 Å². The standard InChI is InChI=1S/C22H20FN7O2Si/c1-13(12-31)33-29-22(32)19-7-18(27-21(28-19)16-10-26-30(2)11-16)15-3-5-17(24-8-15)14-4-6-20(23)25-9-14/h3-11,13,31H,12H2,1-2H3,(H,29,32)/t13-/m0/s1. The molecule has 0 saturated heterocycles. The lowest BCUT2D eigenvalue weighted by atomic mass is 10.1. The molecule has 0 unspecified atom stereocenters. The Morgan fingerprint density at radius 2 is 1.85 bits per heavy atom. The molecule has 0 spiro atoms. The normalized spacial score (nSPS) is 11.9. The summed E-state index contributed by atoms with van der Waals surface area (Å²) in [5, 5.41) is 13.4. The summed E-state index contributed by atoms with van der Waals surface area (Å²) in [6.07, 6.45) is 6.43. The molecule has 2 N–H and O–H groups in total. The molecule has 4 heterocycles. The fraction of sp³-hybridized carbons (Fsp3) is 0.182. The number of amides is 1. The first-order valence-corrected chi connectivity index (χ1v) is 11.1. The molecule has 1 amide bonds. The van der Waals surface area contributed by atoms with Gasteiger partial charge < -0.3 is 10.1 Å². The van der Waals surface area contributed by atoms with E-state index in [9.17, 15) is 14.3 Å². The largest absolute Gasteiger partial charge is 0.396 e. The van der Waals surface area contributed by atoms with Gasteiger partial charge in [-0.15, -0.1) is 0 Å². The van der Waals surface area contributed by atoms with Gasteiger partial charge in [0.25, 0.3) is 5.91 Å². The maximum absolute atomic E-state index is 13.1. The molecule has 0 aliphatic rings. The highest BCUT2D eigenvalue weighted by Gasteiger charge is 2.16. The Morgan fingerprint density at radius 1 is 1.09 bits per heavy atom. The van der Waals surface area contributed by atoms with Gasteiger partial charge in [0.2, 0.25) is 5.95 Å². The average Bonchev–Trinajstić information content (AvgIpc) is 3.29. The lowest BCUT2D eigenvalue weighted by Gasteiger charge is -2.10. The molecule has 33 heavy (non-hydrogen) atoms. The SMILES string of the molecule is C[C@@H](CO)[Si]NC(=O)c1cc(-c2ccc(-c3ccc(F)nc3)nc2)nc(-c2cnn(C)c2)n1. The molecule has 4 rings (SSSR count). The second-order valence-electron chi connectivity index (χ2n) is 7.35. The molecule has 0 aliphatic carbocycles. The number of pyridine rings is 2. The summed E-state index contributed by atoms with van der Waals surface area (Å²) < 4.78 is 14.7. The summed E-state index contributed by atoms with van der Waals surface area (Å²) in [5.41, 5.74) is 3.33. The quantitative estimate of drug-likeness (QED) is 0.320. The van der Waals surface area contributed by atoms with Gasteiger partial charge in [0, 0.05) is 43.4 Å². The van der Waals surface area contributed by atoms with E-state index in [0.717, 1.165) is 0 Å². The summed E-state index contributed by atoms with van der Waals surface area (Å²) in [6, 6.07) is 8.07. The number of aryl methyl sites for hydroxylation is 1. The number of rotatable bonds is 7. The first-order chi connectivity index (χ1) is 15.9. The van der Waals surface area contributed by atoms with Gasteiger partial charge >= 0.3 is 0 Å². The molecule has 0 aromatic carbocycles. The number of hydrogen-bond acceptors (Lipinski definition) is 7. The predicted octanol–water partition coefficient (Wildman–Crippen LogP) is 2.29. The Balaban J connectivity index is 1.69. The zero-order valence-corrected chi connectivity index (χ0v) is 18.9. The van der Waals surface area contributed by atoms with Crippen LogP contribution >= 0.6 is 0 Å². The number of nitrogens with one attached hydrogen (secondary N) is 1. The van der Waals surface area contributed by atoms with Crippen molar-refractivity contribution in [1.82, 2.24) is 34.7 Å². The molecule has 0 aliphatic heterocycles. The van der Waals surface area contributed by atoms with E-state index in [1.807, 2.05) is 13.0 Å². The summed E-state index contributed by atoms with van der Waals surface area (Å²) in [6.45, 7) is 1.82. The molecule has 0 bridgehead atoms. The first-order valence-electron chi connectivity index (χ1n) is 10.1. The van der Waals surface area contributed by atoms with E-state index in [4.69, 9.17) is 0 Å². The monoisotopic (exact) mass is 461 g/mol. The van der Waals surface area contributed by atoms with Crippen molar-refractivity contribution in [3.63, 3.8) is 0 Å². The second-order valence-corrected chi connectivity index (χ2v) is 8.87. The van der Waals surface area contributed by atoms with Crippen molar-refractivity contribution in [2.75, 3.05) is 6.61 Å². The van der Waals surface area contributed by atoms with Crippen LogP contribution in [0.5, 0.6) is 0 Å². The minimum atomic E-state index is -0.556. The minimum Gasteiger partial charge on any atom is -0.396 e. The molecule has 166 valence electrons. The average molecular weight is 462 g/mol. The number of carbonyl (C=O) groups excluding carboxylic acids is 1. The van der Waals surface area contributed by atoms with E-state index in [2.05, 4.69) is 30.0 Å². The Labute approximate surface area is 191 Å². The van der Waals surface area contributed by atoms with Gasteiger partial charge in [0.1, 0.15) is 5.69 Å². The molecule has 9 nitrogen and oxygen atoms in total. The van der Waals surface area contributed by atoms with Gasteiger partial charge in [-0.25, -0.2) is 15.0 Å². The third-order valence-electron chi connectivity index (χ3n) is 4.71. The summed E-state index contributed by atoms with van der Waals surface area (Å²) in [4.78, 5) is 32.7. The van der Waals surface area contributed by atoms with E-state index in [0.29, 0.717) is 33.9 Å². The van der Waals surface area contributed by atoms with Crippen molar-refractivity contribution in [3.8, 4) is 33.9 Å². The van der Waals surface area contributed by atoms with Crippen molar-refractivity contribution in [1.29, 1.82) is 0 Å². The number of halogens is 1. The molecular weight excluding hydrogens is 441 g/mol. The van der Waals surface area contributed by atoms with Crippen LogP contribution in [0.4, 0.5) is 4.39 Å². The van der Waals surface area contributed by atoms with Gasteiger partial charge in [0.15, 0.2) is 15.5 Å². The third kappa shape index (κ3) is 5.33. The third-order valence-corrected chi connectivity index (χ3v) is 5.76. The van der Waals surface area contributed by atoms with Gasteiger partial charge in [-0.2, -0.15) is 9.49 Å². The van der Waals surface area contributed by atoms with Crippen LogP contribution in [-0.2, 0) is 7.05 Å². The van der Waals surface area contributed by atoms with Crippen LogP contribution in [0.3, 0.4) is 0 Å². The van der Waals surface area contributed by atoms with Gasteiger partial charge in [0.05, 0.1) is 23.1 Å². The number of hydrogen-bond donors (Lipinski definition) is 2. The van der Waals surface area contributed by atoms with E-state index in [1.54, 1.807) is 48.5 Å². The van der Waals surface area contributed by atoms with Crippen LogP contribution in [0.25, 0.3) is 33.9 Å². The van der Waals surface area contributed by atoms with Crippen LogP contribution in [0.1, 0.15) is 17.4 Å². The summed E-state index contributed by atoms with van der Waals surface area (Å²) in [5.74, 6) is -0.556. The zero-order chi connectivity index (χ0) is 23.4. The molecule has 11 heteroatoms. The van der Waals surface area contributed by atoms with E-state index in [1.165, 1.54) is 12.3 Å². The Morgan fingerprint density at radius 3 is 2.48 bits per heavy atom. The number of aliphatic hydroxyl groups is 1. The molecule has 2 radical (unpaired) electrons. The number of carbonyl (C=O) groups is 1. The fourth-order valence-electron chi connectivity index (χ4n) is 2.92. The van der Waals surface area contributed by atoms with Crippen LogP contribution in [-0.4, -0.2) is 57.0 Å². The fourth-order valence-corrected chi connectivity index (χ4v) is 3.52. The van der Waals surface area contributed by atoms with Gasteiger partial charge in [-0.3, -0.25) is 14.5 Å². The predicted molar refractivity (Wildman–Crippen MR) is 120 cm³/mol. The maximum atomic E-state index is 13.1. The van der Waals surface area contributed by atoms with Crippen molar-refractivity contribution in [2.45, 2.75) is 12.5 Å². The Bertz CT molecular complexity index is 1260. The highest BCUT2D eigenvalue weighted by atomic mass is 28.2. The molecule has 4 aromatic heterocycles. The topological polar surface area (TPSA) is 119 Å². The van der Waals surface area contributed by atoms with Crippen LogP contribution in [0, 0.1) is 5.95 Å². The molecular formula is C22H20FN7O2Si. The smallest absolute Gasteiger partial charge is 0.262 e. The number of nitrogens with zero attached hydrogens (tertiary/aromatic N) is 6. The molecule has 4 aromatic rings. The highest BCUT2D eigenvalue weighted by molar-refractivity contribution is 6.40. The zero-order valence-electron chi connectivity index (χ0n) is 17.9. The van der Waals surface area contributed by atoms with Crippen molar-refractivity contribution in [3.05, 3.63) is 66.8 Å². The Hall–Kier alpha value is -3.83. The Kier molecular flexibility index (Phi) is 6.61. The first kappa shape index (κ1) is 22.4. The van der Waals surface area contributed by atoms with Crippen molar-refractivity contribution >= 4 is 15.6 Å². The number of aliphatic hydroxyl groups excluding tert-OH is 1. The van der Waals surface area contributed by atoms with Crippen molar-refractivity contribution in [2.24, 2.45) is 7.05 Å². The number of aromatic nitrogens is 6. The molecule has 0 saturated carbocycles.